The van der Waals surface area contributed by atoms with Gasteiger partial charge in [-0.25, -0.2) is 0 Å². The lowest BCUT2D eigenvalue weighted by molar-refractivity contribution is -0.144. The van der Waals surface area contributed by atoms with Gasteiger partial charge in [-0.2, -0.15) is 0 Å². The van der Waals surface area contributed by atoms with Gasteiger partial charge >= 0.3 is 5.97 Å². The van der Waals surface area contributed by atoms with Crippen LogP contribution in [0, 0.1) is 5.92 Å². The smallest absolute Gasteiger partial charge is 0.306 e. The number of methoxy groups -OCH3 is 2. The molecular weight excluding hydrogens is 556 g/mol. The number of benzene rings is 2. The minimum atomic E-state index is -0.470. The van der Waals surface area contributed by atoms with Crippen LogP contribution in [0.25, 0.3) is 5.69 Å². The van der Waals surface area contributed by atoms with Crippen molar-refractivity contribution in [1.29, 1.82) is 0 Å². The van der Waals surface area contributed by atoms with Gasteiger partial charge in [0, 0.05) is 48.3 Å². The Labute approximate surface area is 252 Å². The van der Waals surface area contributed by atoms with Crippen molar-refractivity contribution in [1.82, 2.24) is 9.47 Å². The number of esters is 1. The highest BCUT2D eigenvalue weighted by atomic mass is 35.5. The first kappa shape index (κ1) is 30.0. The van der Waals surface area contributed by atoms with Crippen molar-refractivity contribution in [3.8, 4) is 17.2 Å². The highest BCUT2D eigenvalue weighted by Gasteiger charge is 2.33. The average Bonchev–Trinajstić information content (AvgIpc) is 3.44. The molecule has 0 spiro atoms. The molecule has 1 fully saturated rings. The maximum Gasteiger partial charge on any atom is 0.306 e. The Morgan fingerprint density at radius 1 is 1.02 bits per heavy atom. The number of rotatable bonds is 10. The molecule has 2 aromatic carbocycles. The SMILES string of the molecule is CCOC(=O)CC1CCN(C(=O)CCC[C@H]2O[C@H](c3cccc(OC)c3OC)c3cc(Cl)ccc3-n3cccc32)CC1. The number of carbonyl (C=O) groups excluding carboxylic acids is 2. The number of para-hydroxylation sites is 1. The van der Waals surface area contributed by atoms with Crippen LogP contribution in [0.3, 0.4) is 0 Å². The molecule has 0 unspecified atom stereocenters. The number of nitrogens with zero attached hydrogens (tertiary/aromatic N) is 2. The largest absolute Gasteiger partial charge is 0.493 e. The maximum absolute atomic E-state index is 13.1. The number of hydrogen-bond acceptors (Lipinski definition) is 6. The molecule has 0 aliphatic carbocycles. The lowest BCUT2D eigenvalue weighted by Crippen LogP contribution is -2.38. The number of ether oxygens (including phenoxy) is 4. The zero-order valence-electron chi connectivity index (χ0n) is 24.5. The second-order valence-electron chi connectivity index (χ2n) is 10.8. The van der Waals surface area contributed by atoms with Gasteiger partial charge in [-0.05, 0) is 74.9 Å². The molecule has 0 bridgehead atoms. The van der Waals surface area contributed by atoms with Gasteiger partial charge in [0.15, 0.2) is 11.5 Å². The molecule has 0 radical (unpaired) electrons. The van der Waals surface area contributed by atoms with Gasteiger partial charge in [0.05, 0.1) is 38.3 Å². The number of hydrogen-bond donors (Lipinski definition) is 0. The van der Waals surface area contributed by atoms with Gasteiger partial charge in [-0.3, -0.25) is 9.59 Å². The first-order valence-corrected chi connectivity index (χ1v) is 15.1. The van der Waals surface area contributed by atoms with Crippen molar-refractivity contribution in [3.63, 3.8) is 0 Å². The number of aromatic nitrogens is 1. The third-order valence-electron chi connectivity index (χ3n) is 8.24. The standard InChI is InChI=1S/C33H39ClN2O6/c1-4-41-31(38)20-22-15-18-35(19-16-22)30(37)12-6-10-28-27-9-7-17-36(27)26-14-13-23(34)21-25(26)32(42-28)24-8-5-11-29(39-2)33(24)40-3/h5,7-9,11,13-14,17,21-22,28,32H,4,6,10,12,15-16,18-20H2,1-3H3/t28-,32-/m1/s1. The molecule has 1 aromatic heterocycles. The molecule has 224 valence electrons. The summed E-state index contributed by atoms with van der Waals surface area (Å²) in [6.45, 7) is 3.58. The Morgan fingerprint density at radius 3 is 2.57 bits per heavy atom. The first-order chi connectivity index (χ1) is 20.4. The van der Waals surface area contributed by atoms with Crippen molar-refractivity contribution in [2.45, 2.75) is 57.7 Å². The highest BCUT2D eigenvalue weighted by Crippen LogP contribution is 2.46. The van der Waals surface area contributed by atoms with Crippen LogP contribution in [0.5, 0.6) is 11.5 Å². The minimum Gasteiger partial charge on any atom is -0.493 e. The molecular formula is C33H39ClN2O6. The van der Waals surface area contributed by atoms with Gasteiger partial charge in [0.1, 0.15) is 6.10 Å². The van der Waals surface area contributed by atoms with E-state index in [0.29, 0.717) is 61.9 Å². The van der Waals surface area contributed by atoms with Crippen molar-refractivity contribution < 1.29 is 28.5 Å². The second kappa shape index (κ2) is 13.7. The zero-order valence-corrected chi connectivity index (χ0v) is 25.3. The zero-order chi connectivity index (χ0) is 29.6. The van der Waals surface area contributed by atoms with Crippen molar-refractivity contribution in [2.75, 3.05) is 33.9 Å². The minimum absolute atomic E-state index is 0.148. The van der Waals surface area contributed by atoms with Crippen molar-refractivity contribution in [2.24, 2.45) is 5.92 Å². The fourth-order valence-electron chi connectivity index (χ4n) is 6.15. The Kier molecular flexibility index (Phi) is 9.75. The van der Waals surface area contributed by atoms with Crippen LogP contribution in [-0.4, -0.2) is 55.3 Å². The Morgan fingerprint density at radius 2 is 1.83 bits per heavy atom. The van der Waals surface area contributed by atoms with E-state index in [4.69, 9.17) is 30.5 Å². The molecule has 0 saturated carbocycles. The second-order valence-corrected chi connectivity index (χ2v) is 11.3. The molecule has 2 aliphatic rings. The van der Waals surface area contributed by atoms with Crippen LogP contribution in [0.4, 0.5) is 0 Å². The maximum atomic E-state index is 13.1. The first-order valence-electron chi connectivity index (χ1n) is 14.7. The van der Waals surface area contributed by atoms with Gasteiger partial charge in [-0.1, -0.05) is 23.7 Å². The lowest BCUT2D eigenvalue weighted by atomic mass is 9.93. The summed E-state index contributed by atoms with van der Waals surface area (Å²) in [5.74, 6) is 1.52. The molecule has 9 heteroatoms. The predicted molar refractivity (Wildman–Crippen MR) is 160 cm³/mol. The van der Waals surface area contributed by atoms with E-state index >= 15 is 0 Å². The third-order valence-corrected chi connectivity index (χ3v) is 8.48. The molecule has 2 atom stereocenters. The third kappa shape index (κ3) is 6.45. The summed E-state index contributed by atoms with van der Waals surface area (Å²) in [6, 6.07) is 15.7. The summed E-state index contributed by atoms with van der Waals surface area (Å²) in [5.41, 5.74) is 3.78. The van der Waals surface area contributed by atoms with E-state index in [1.54, 1.807) is 14.2 Å². The molecule has 3 aromatic rings. The number of amides is 1. The Bertz CT molecular complexity index is 1400. The topological polar surface area (TPSA) is 79.2 Å². The molecule has 2 aliphatic heterocycles. The number of likely N-dealkylation sites (tertiary alicyclic amines) is 1. The van der Waals surface area contributed by atoms with Crippen molar-refractivity contribution in [3.05, 3.63) is 76.6 Å². The fourth-order valence-corrected chi connectivity index (χ4v) is 6.33. The summed E-state index contributed by atoms with van der Waals surface area (Å²) in [4.78, 5) is 26.9. The highest BCUT2D eigenvalue weighted by molar-refractivity contribution is 6.30. The Hall–Kier alpha value is -3.49. The van der Waals surface area contributed by atoms with E-state index in [1.807, 2.05) is 60.5 Å². The lowest BCUT2D eigenvalue weighted by Gasteiger charge is -2.32. The molecule has 3 heterocycles. The fraction of sp³-hybridized carbons (Fsp3) is 0.455. The molecule has 5 rings (SSSR count). The average molecular weight is 595 g/mol. The van der Waals surface area contributed by atoms with Gasteiger partial charge in [0.2, 0.25) is 5.91 Å². The summed E-state index contributed by atoms with van der Waals surface area (Å²) >= 11 is 6.51. The van der Waals surface area contributed by atoms with Crippen LogP contribution in [0.1, 0.15) is 74.5 Å². The molecule has 42 heavy (non-hydrogen) atoms. The number of carbonyl (C=O) groups is 2. The molecule has 8 nitrogen and oxygen atoms in total. The van der Waals surface area contributed by atoms with Crippen molar-refractivity contribution >= 4 is 23.5 Å². The van der Waals surface area contributed by atoms with E-state index in [9.17, 15) is 9.59 Å². The van der Waals surface area contributed by atoms with E-state index < -0.39 is 6.10 Å². The predicted octanol–water partition coefficient (Wildman–Crippen LogP) is 6.67. The van der Waals surface area contributed by atoms with Crippen LogP contribution in [0.15, 0.2) is 54.7 Å². The van der Waals surface area contributed by atoms with E-state index in [1.165, 1.54) is 0 Å². The number of fused-ring (bicyclic) bond motifs is 3. The van der Waals surface area contributed by atoms with Gasteiger partial charge in [0.25, 0.3) is 0 Å². The van der Waals surface area contributed by atoms with E-state index in [-0.39, 0.29) is 23.9 Å². The van der Waals surface area contributed by atoms with Gasteiger partial charge in [-0.15, -0.1) is 0 Å². The summed E-state index contributed by atoms with van der Waals surface area (Å²) < 4.78 is 25.6. The molecule has 1 amide bonds. The van der Waals surface area contributed by atoms with Crippen LogP contribution < -0.4 is 9.47 Å². The number of piperidine rings is 1. The summed E-state index contributed by atoms with van der Waals surface area (Å²) in [5, 5.41) is 0.619. The van der Waals surface area contributed by atoms with Gasteiger partial charge < -0.3 is 28.4 Å². The van der Waals surface area contributed by atoms with Crippen LogP contribution in [0.2, 0.25) is 5.02 Å². The molecule has 0 N–H and O–H groups in total. The monoisotopic (exact) mass is 594 g/mol. The quantitative estimate of drug-likeness (QED) is 0.244. The van der Waals surface area contributed by atoms with Crippen LogP contribution >= 0.6 is 11.6 Å². The normalized spacial score (nSPS) is 18.5. The summed E-state index contributed by atoms with van der Waals surface area (Å²) in [6.07, 6.45) is 5.17. The van der Waals surface area contributed by atoms with E-state index in [0.717, 1.165) is 35.3 Å². The Balaban J connectivity index is 1.31. The molecule has 1 saturated heterocycles. The number of halogens is 1. The summed E-state index contributed by atoms with van der Waals surface area (Å²) in [7, 11) is 3.25. The van der Waals surface area contributed by atoms with Crippen LogP contribution in [-0.2, 0) is 19.1 Å². The van der Waals surface area contributed by atoms with E-state index in [2.05, 4.69) is 10.6 Å².